The largest absolute Gasteiger partial charge is 0.495 e. The molecule has 2 fully saturated rings. The minimum atomic E-state index is 0.0664. The van der Waals surface area contributed by atoms with Gasteiger partial charge in [0.15, 0.2) is 5.82 Å². The number of rotatable bonds is 6. The van der Waals surface area contributed by atoms with E-state index in [2.05, 4.69) is 37.5 Å². The smallest absolute Gasteiger partial charge is 0.153 e. The number of anilines is 1. The van der Waals surface area contributed by atoms with Crippen molar-refractivity contribution in [3.63, 3.8) is 0 Å². The monoisotopic (exact) mass is 357 g/mol. The summed E-state index contributed by atoms with van der Waals surface area (Å²) < 4.78 is 11.6. The van der Waals surface area contributed by atoms with Crippen LogP contribution in [0.2, 0.25) is 0 Å². The number of aromatic nitrogens is 3. The zero-order chi connectivity index (χ0) is 17.8. The normalized spacial score (nSPS) is 24.1. The van der Waals surface area contributed by atoms with Crippen LogP contribution in [0.15, 0.2) is 30.6 Å². The summed E-state index contributed by atoms with van der Waals surface area (Å²) in [7, 11) is 1.74. The molecule has 0 unspecified atom stereocenters. The van der Waals surface area contributed by atoms with Crippen LogP contribution in [-0.4, -0.2) is 54.1 Å². The van der Waals surface area contributed by atoms with E-state index < -0.39 is 0 Å². The SMILES string of the molecule is COc1ccccc1N1CCC(NC[C@H]2CC[C@@H](c3ncn[nH]3)O2)CC1. The second-order valence-electron chi connectivity index (χ2n) is 7.04. The number of nitrogens with one attached hydrogen (secondary N) is 2. The Morgan fingerprint density at radius 2 is 2.08 bits per heavy atom. The van der Waals surface area contributed by atoms with Crippen LogP contribution in [0.3, 0.4) is 0 Å². The highest BCUT2D eigenvalue weighted by atomic mass is 16.5. The van der Waals surface area contributed by atoms with Gasteiger partial charge in [-0.25, -0.2) is 4.98 Å². The van der Waals surface area contributed by atoms with Crippen LogP contribution >= 0.6 is 0 Å². The molecule has 0 saturated carbocycles. The van der Waals surface area contributed by atoms with Crippen LogP contribution in [-0.2, 0) is 4.74 Å². The molecule has 0 bridgehead atoms. The molecule has 1 aromatic carbocycles. The summed E-state index contributed by atoms with van der Waals surface area (Å²) in [4.78, 5) is 6.63. The zero-order valence-corrected chi connectivity index (χ0v) is 15.2. The summed E-state index contributed by atoms with van der Waals surface area (Å²) in [6, 6.07) is 8.81. The Morgan fingerprint density at radius 1 is 1.23 bits per heavy atom. The van der Waals surface area contributed by atoms with Gasteiger partial charge < -0.3 is 19.7 Å². The number of piperidine rings is 1. The van der Waals surface area contributed by atoms with E-state index >= 15 is 0 Å². The summed E-state index contributed by atoms with van der Waals surface area (Å²) in [5, 5.41) is 10.5. The third-order valence-corrected chi connectivity index (χ3v) is 5.40. The average molecular weight is 357 g/mol. The fourth-order valence-corrected chi connectivity index (χ4v) is 3.94. The van der Waals surface area contributed by atoms with Crippen molar-refractivity contribution in [1.82, 2.24) is 20.5 Å². The van der Waals surface area contributed by atoms with Crippen molar-refractivity contribution in [1.29, 1.82) is 0 Å². The van der Waals surface area contributed by atoms with Gasteiger partial charge in [0.05, 0.1) is 18.9 Å². The van der Waals surface area contributed by atoms with Crippen LogP contribution in [0.25, 0.3) is 0 Å². The first-order chi connectivity index (χ1) is 12.8. The third-order valence-electron chi connectivity index (χ3n) is 5.40. The number of hydrogen-bond acceptors (Lipinski definition) is 6. The minimum absolute atomic E-state index is 0.0664. The number of nitrogens with zero attached hydrogens (tertiary/aromatic N) is 3. The van der Waals surface area contributed by atoms with Gasteiger partial charge in [-0.2, -0.15) is 5.10 Å². The van der Waals surface area contributed by atoms with E-state index in [1.54, 1.807) is 13.4 Å². The standard InChI is InChI=1S/C19H27N5O2/c1-25-17-5-3-2-4-16(17)24-10-8-14(9-11-24)20-12-15-6-7-18(26-15)19-21-13-22-23-19/h2-5,13-15,18,20H,6-12H2,1H3,(H,21,22,23)/t15-,18+/m1/s1. The molecule has 0 radical (unpaired) electrons. The Bertz CT molecular complexity index is 685. The Hall–Kier alpha value is -2.12. The molecule has 2 aliphatic heterocycles. The van der Waals surface area contributed by atoms with Crippen molar-refractivity contribution < 1.29 is 9.47 Å². The fraction of sp³-hybridized carbons (Fsp3) is 0.579. The lowest BCUT2D eigenvalue weighted by molar-refractivity contribution is 0.0383. The van der Waals surface area contributed by atoms with E-state index in [0.717, 1.165) is 56.9 Å². The molecule has 2 atom stereocenters. The predicted octanol–water partition coefficient (Wildman–Crippen LogP) is 2.29. The van der Waals surface area contributed by atoms with Gasteiger partial charge in [-0.05, 0) is 37.8 Å². The lowest BCUT2D eigenvalue weighted by atomic mass is 10.0. The van der Waals surface area contributed by atoms with E-state index in [1.807, 2.05) is 12.1 Å². The minimum Gasteiger partial charge on any atom is -0.495 e. The predicted molar refractivity (Wildman–Crippen MR) is 99.5 cm³/mol. The first kappa shape index (κ1) is 17.3. The van der Waals surface area contributed by atoms with Crippen molar-refractivity contribution in [3.05, 3.63) is 36.4 Å². The Morgan fingerprint density at radius 3 is 2.85 bits per heavy atom. The van der Waals surface area contributed by atoms with Gasteiger partial charge in [-0.15, -0.1) is 0 Å². The van der Waals surface area contributed by atoms with E-state index in [9.17, 15) is 0 Å². The molecule has 7 heteroatoms. The van der Waals surface area contributed by atoms with E-state index in [1.165, 1.54) is 5.69 Å². The molecule has 0 spiro atoms. The molecular weight excluding hydrogens is 330 g/mol. The third kappa shape index (κ3) is 3.83. The van der Waals surface area contributed by atoms with E-state index in [0.29, 0.717) is 6.04 Å². The quantitative estimate of drug-likeness (QED) is 0.826. The van der Waals surface area contributed by atoms with Crippen LogP contribution in [0, 0.1) is 0 Å². The highest BCUT2D eigenvalue weighted by Gasteiger charge is 2.29. The summed E-state index contributed by atoms with van der Waals surface area (Å²) in [6.07, 6.45) is 6.22. The number of methoxy groups -OCH3 is 1. The molecule has 2 saturated heterocycles. The number of ether oxygens (including phenoxy) is 2. The number of H-pyrrole nitrogens is 1. The van der Waals surface area contributed by atoms with Crippen molar-refractivity contribution >= 4 is 5.69 Å². The maximum absolute atomic E-state index is 6.09. The molecule has 26 heavy (non-hydrogen) atoms. The molecule has 2 aromatic rings. The lowest BCUT2D eigenvalue weighted by Gasteiger charge is -2.35. The number of para-hydroxylation sites is 2. The number of aromatic amines is 1. The van der Waals surface area contributed by atoms with Gasteiger partial charge in [-0.3, -0.25) is 5.10 Å². The van der Waals surface area contributed by atoms with Crippen LogP contribution in [0.4, 0.5) is 5.69 Å². The Balaban J connectivity index is 1.22. The summed E-state index contributed by atoms with van der Waals surface area (Å²) in [5.41, 5.74) is 1.20. The Labute approximate surface area is 154 Å². The number of hydrogen-bond donors (Lipinski definition) is 2. The average Bonchev–Trinajstić information content (AvgIpc) is 3.38. The topological polar surface area (TPSA) is 75.3 Å². The molecule has 0 amide bonds. The highest BCUT2D eigenvalue weighted by Crippen LogP contribution is 2.31. The second-order valence-corrected chi connectivity index (χ2v) is 7.04. The molecule has 7 nitrogen and oxygen atoms in total. The maximum Gasteiger partial charge on any atom is 0.153 e. The lowest BCUT2D eigenvalue weighted by Crippen LogP contribution is -2.44. The molecule has 0 aliphatic carbocycles. The van der Waals surface area contributed by atoms with Gasteiger partial charge in [0.25, 0.3) is 0 Å². The molecule has 3 heterocycles. The fourth-order valence-electron chi connectivity index (χ4n) is 3.94. The molecule has 1 aromatic heterocycles. The van der Waals surface area contributed by atoms with Crippen molar-refractivity contribution in [3.8, 4) is 5.75 Å². The zero-order valence-electron chi connectivity index (χ0n) is 15.2. The first-order valence-corrected chi connectivity index (χ1v) is 9.45. The number of benzene rings is 1. The van der Waals surface area contributed by atoms with Crippen molar-refractivity contribution in [2.45, 2.75) is 43.9 Å². The summed E-state index contributed by atoms with van der Waals surface area (Å²) in [5.74, 6) is 1.80. The molecule has 2 aliphatic rings. The molecule has 4 rings (SSSR count). The molecular formula is C19H27N5O2. The van der Waals surface area contributed by atoms with Gasteiger partial charge in [0.2, 0.25) is 0 Å². The van der Waals surface area contributed by atoms with Crippen LogP contribution < -0.4 is 15.0 Å². The van der Waals surface area contributed by atoms with Crippen molar-refractivity contribution in [2.75, 3.05) is 31.6 Å². The van der Waals surface area contributed by atoms with Crippen LogP contribution in [0.5, 0.6) is 5.75 Å². The molecule has 140 valence electrons. The molecule has 2 N–H and O–H groups in total. The van der Waals surface area contributed by atoms with E-state index in [-0.39, 0.29) is 12.2 Å². The first-order valence-electron chi connectivity index (χ1n) is 9.45. The highest BCUT2D eigenvalue weighted by molar-refractivity contribution is 5.58. The second kappa shape index (κ2) is 8.05. The summed E-state index contributed by atoms with van der Waals surface area (Å²) >= 11 is 0. The maximum atomic E-state index is 6.09. The van der Waals surface area contributed by atoms with Crippen molar-refractivity contribution in [2.24, 2.45) is 0 Å². The van der Waals surface area contributed by atoms with Gasteiger partial charge in [-0.1, -0.05) is 12.1 Å². The summed E-state index contributed by atoms with van der Waals surface area (Å²) in [6.45, 7) is 3.00. The van der Waals surface area contributed by atoms with Gasteiger partial charge >= 0.3 is 0 Å². The van der Waals surface area contributed by atoms with Gasteiger partial charge in [0, 0.05) is 25.7 Å². The Kier molecular flexibility index (Phi) is 5.36. The van der Waals surface area contributed by atoms with Crippen LogP contribution in [0.1, 0.15) is 37.6 Å². The van der Waals surface area contributed by atoms with E-state index in [4.69, 9.17) is 9.47 Å². The van der Waals surface area contributed by atoms with Gasteiger partial charge in [0.1, 0.15) is 18.2 Å².